The van der Waals surface area contributed by atoms with Crippen molar-refractivity contribution >= 4 is 5.91 Å². The zero-order valence-electron chi connectivity index (χ0n) is 13.5. The topological polar surface area (TPSA) is 85.2 Å². The molecule has 1 atom stereocenters. The quantitative estimate of drug-likeness (QED) is 0.937. The van der Waals surface area contributed by atoms with Gasteiger partial charge in [0.15, 0.2) is 0 Å². The van der Waals surface area contributed by atoms with Gasteiger partial charge in [0, 0.05) is 24.6 Å². The standard InChI is InChI=1S/C17H22N4O2/c1-11(2)17(22)21-9-3-4-14(21)16-19-15(20-23-16)13-7-5-12(10-18)6-8-13/h5-8,11,14H,3-4,9-10,18H2,1-2H3. The Labute approximate surface area is 135 Å². The minimum Gasteiger partial charge on any atom is -0.337 e. The number of aromatic nitrogens is 2. The van der Waals surface area contributed by atoms with Crippen molar-refractivity contribution in [3.05, 3.63) is 35.7 Å². The second-order valence-corrected chi connectivity index (χ2v) is 6.20. The van der Waals surface area contributed by atoms with Crippen LogP contribution in [0, 0.1) is 5.92 Å². The monoisotopic (exact) mass is 314 g/mol. The fraction of sp³-hybridized carbons (Fsp3) is 0.471. The lowest BCUT2D eigenvalue weighted by Gasteiger charge is -2.23. The average molecular weight is 314 g/mol. The summed E-state index contributed by atoms with van der Waals surface area (Å²) in [4.78, 5) is 18.7. The predicted molar refractivity (Wildman–Crippen MR) is 86.2 cm³/mol. The molecule has 1 unspecified atom stereocenters. The highest BCUT2D eigenvalue weighted by atomic mass is 16.5. The Kier molecular flexibility index (Phi) is 4.43. The molecule has 6 nitrogen and oxygen atoms in total. The summed E-state index contributed by atoms with van der Waals surface area (Å²) in [6.07, 6.45) is 1.83. The summed E-state index contributed by atoms with van der Waals surface area (Å²) in [5, 5.41) is 4.07. The van der Waals surface area contributed by atoms with Crippen molar-refractivity contribution in [3.63, 3.8) is 0 Å². The zero-order chi connectivity index (χ0) is 16.4. The minimum atomic E-state index is -0.102. The molecule has 0 saturated carbocycles. The highest BCUT2D eigenvalue weighted by Crippen LogP contribution is 2.33. The first-order valence-corrected chi connectivity index (χ1v) is 8.03. The molecular weight excluding hydrogens is 292 g/mol. The Hall–Kier alpha value is -2.21. The highest BCUT2D eigenvalue weighted by Gasteiger charge is 2.34. The van der Waals surface area contributed by atoms with Gasteiger partial charge in [-0.3, -0.25) is 4.79 Å². The van der Waals surface area contributed by atoms with E-state index in [1.165, 1.54) is 0 Å². The van der Waals surface area contributed by atoms with E-state index in [4.69, 9.17) is 10.3 Å². The van der Waals surface area contributed by atoms with Crippen LogP contribution in [0.4, 0.5) is 0 Å². The third-order valence-corrected chi connectivity index (χ3v) is 4.20. The van der Waals surface area contributed by atoms with Gasteiger partial charge in [-0.2, -0.15) is 4.98 Å². The van der Waals surface area contributed by atoms with Gasteiger partial charge in [0.2, 0.25) is 17.6 Å². The largest absolute Gasteiger partial charge is 0.337 e. The molecular formula is C17H22N4O2. The van der Waals surface area contributed by atoms with Crippen molar-refractivity contribution in [1.29, 1.82) is 0 Å². The Morgan fingerprint density at radius 1 is 1.39 bits per heavy atom. The summed E-state index contributed by atoms with van der Waals surface area (Å²) in [6, 6.07) is 7.67. The van der Waals surface area contributed by atoms with E-state index in [1.54, 1.807) is 0 Å². The van der Waals surface area contributed by atoms with E-state index < -0.39 is 0 Å². The molecule has 2 aromatic rings. The van der Waals surface area contributed by atoms with E-state index in [1.807, 2.05) is 43.0 Å². The summed E-state index contributed by atoms with van der Waals surface area (Å²) in [5.41, 5.74) is 7.55. The van der Waals surface area contributed by atoms with Crippen LogP contribution in [0.15, 0.2) is 28.8 Å². The number of hydrogen-bond acceptors (Lipinski definition) is 5. The number of nitrogens with zero attached hydrogens (tertiary/aromatic N) is 3. The van der Waals surface area contributed by atoms with Crippen LogP contribution in [0.2, 0.25) is 0 Å². The lowest BCUT2D eigenvalue weighted by atomic mass is 10.1. The van der Waals surface area contributed by atoms with Gasteiger partial charge in [-0.15, -0.1) is 0 Å². The van der Waals surface area contributed by atoms with Crippen LogP contribution < -0.4 is 5.73 Å². The molecule has 1 saturated heterocycles. The Morgan fingerprint density at radius 3 is 2.78 bits per heavy atom. The number of carbonyl (C=O) groups excluding carboxylic acids is 1. The molecule has 2 N–H and O–H groups in total. The molecule has 1 aliphatic heterocycles. The van der Waals surface area contributed by atoms with E-state index in [0.717, 1.165) is 30.5 Å². The van der Waals surface area contributed by atoms with Crippen LogP contribution in [0.25, 0.3) is 11.4 Å². The lowest BCUT2D eigenvalue weighted by molar-refractivity contribution is -0.135. The maximum absolute atomic E-state index is 12.3. The maximum atomic E-state index is 12.3. The van der Waals surface area contributed by atoms with E-state index in [9.17, 15) is 4.79 Å². The molecule has 23 heavy (non-hydrogen) atoms. The van der Waals surface area contributed by atoms with Gasteiger partial charge in [-0.05, 0) is 18.4 Å². The van der Waals surface area contributed by atoms with Crippen LogP contribution in [0.1, 0.15) is 44.2 Å². The summed E-state index contributed by atoms with van der Waals surface area (Å²) in [7, 11) is 0. The number of benzene rings is 1. The van der Waals surface area contributed by atoms with Gasteiger partial charge in [0.05, 0.1) is 0 Å². The number of amides is 1. The van der Waals surface area contributed by atoms with Gasteiger partial charge in [0.25, 0.3) is 0 Å². The predicted octanol–water partition coefficient (Wildman–Crippen LogP) is 2.51. The van der Waals surface area contributed by atoms with Gasteiger partial charge >= 0.3 is 0 Å². The molecule has 1 aromatic heterocycles. The molecule has 1 aromatic carbocycles. The van der Waals surface area contributed by atoms with Crippen LogP contribution in [-0.2, 0) is 11.3 Å². The van der Waals surface area contributed by atoms with Crippen molar-refractivity contribution < 1.29 is 9.32 Å². The maximum Gasteiger partial charge on any atom is 0.249 e. The third-order valence-electron chi connectivity index (χ3n) is 4.20. The normalized spacial score (nSPS) is 17.9. The van der Waals surface area contributed by atoms with E-state index in [2.05, 4.69) is 10.1 Å². The summed E-state index contributed by atoms with van der Waals surface area (Å²) < 4.78 is 5.44. The summed E-state index contributed by atoms with van der Waals surface area (Å²) >= 11 is 0. The Morgan fingerprint density at radius 2 is 2.13 bits per heavy atom. The van der Waals surface area contributed by atoms with Crippen molar-refractivity contribution in [1.82, 2.24) is 15.0 Å². The van der Waals surface area contributed by atoms with Crippen molar-refractivity contribution in [3.8, 4) is 11.4 Å². The first kappa shape index (κ1) is 15.7. The number of hydrogen-bond donors (Lipinski definition) is 1. The number of nitrogens with two attached hydrogens (primary N) is 1. The van der Waals surface area contributed by atoms with E-state index >= 15 is 0 Å². The Bertz CT molecular complexity index is 678. The number of rotatable bonds is 4. The summed E-state index contributed by atoms with van der Waals surface area (Å²) in [6.45, 7) is 5.09. The van der Waals surface area contributed by atoms with Crippen LogP contribution >= 0.6 is 0 Å². The third kappa shape index (κ3) is 3.12. The van der Waals surface area contributed by atoms with Gasteiger partial charge in [0.1, 0.15) is 6.04 Å². The smallest absolute Gasteiger partial charge is 0.249 e. The van der Waals surface area contributed by atoms with Crippen molar-refractivity contribution in [2.24, 2.45) is 11.7 Å². The van der Waals surface area contributed by atoms with Crippen LogP contribution in [-0.4, -0.2) is 27.5 Å². The van der Waals surface area contributed by atoms with Crippen LogP contribution in [0.5, 0.6) is 0 Å². The second-order valence-electron chi connectivity index (χ2n) is 6.20. The van der Waals surface area contributed by atoms with Crippen molar-refractivity contribution in [2.45, 2.75) is 39.3 Å². The van der Waals surface area contributed by atoms with Crippen molar-refractivity contribution in [2.75, 3.05) is 6.54 Å². The fourth-order valence-electron chi connectivity index (χ4n) is 2.90. The molecule has 0 radical (unpaired) electrons. The second kappa shape index (κ2) is 6.50. The van der Waals surface area contributed by atoms with E-state index in [0.29, 0.717) is 18.3 Å². The number of carbonyl (C=O) groups is 1. The molecule has 0 spiro atoms. The molecule has 122 valence electrons. The average Bonchev–Trinajstić information content (AvgIpc) is 3.22. The Balaban J connectivity index is 1.81. The minimum absolute atomic E-state index is 0.0261. The first-order chi connectivity index (χ1) is 11.1. The number of likely N-dealkylation sites (tertiary alicyclic amines) is 1. The first-order valence-electron chi connectivity index (χ1n) is 8.03. The van der Waals surface area contributed by atoms with Gasteiger partial charge in [-0.25, -0.2) is 0 Å². The lowest BCUT2D eigenvalue weighted by Crippen LogP contribution is -2.33. The SMILES string of the molecule is CC(C)C(=O)N1CCCC1c1nc(-c2ccc(CN)cc2)no1. The van der Waals surface area contributed by atoms with E-state index in [-0.39, 0.29) is 17.9 Å². The highest BCUT2D eigenvalue weighted by molar-refractivity contribution is 5.78. The molecule has 6 heteroatoms. The molecule has 0 bridgehead atoms. The molecule has 3 rings (SSSR count). The van der Waals surface area contributed by atoms with Gasteiger partial charge < -0.3 is 15.2 Å². The molecule has 1 aliphatic rings. The molecule has 1 amide bonds. The fourth-order valence-corrected chi connectivity index (χ4v) is 2.90. The van der Waals surface area contributed by atoms with Crippen LogP contribution in [0.3, 0.4) is 0 Å². The molecule has 2 heterocycles. The molecule has 0 aliphatic carbocycles. The van der Waals surface area contributed by atoms with Gasteiger partial charge in [-0.1, -0.05) is 43.3 Å². The summed E-state index contributed by atoms with van der Waals surface area (Å²) in [5.74, 6) is 1.18. The molecule has 1 fully saturated rings. The zero-order valence-corrected chi connectivity index (χ0v) is 13.5.